The van der Waals surface area contributed by atoms with E-state index in [1.54, 1.807) is 18.5 Å². The van der Waals surface area contributed by atoms with Crippen LogP contribution in [-0.2, 0) is 0 Å². The average Bonchev–Trinajstić information content (AvgIpc) is 3.19. The number of fused-ring (bicyclic) bond motifs is 2. The predicted molar refractivity (Wildman–Crippen MR) is 116 cm³/mol. The molecule has 148 valence electrons. The normalized spacial score (nSPS) is 12.5. The molecule has 0 bridgehead atoms. The van der Waals surface area contributed by atoms with E-state index in [1.807, 2.05) is 56.3 Å². The van der Waals surface area contributed by atoms with Gasteiger partial charge in [-0.05, 0) is 25.5 Å². The topological polar surface area (TPSA) is 85.0 Å². The summed E-state index contributed by atoms with van der Waals surface area (Å²) in [5.41, 5.74) is 3.47. The lowest BCUT2D eigenvalue weighted by molar-refractivity contribution is 0.524. The van der Waals surface area contributed by atoms with Crippen LogP contribution < -0.4 is 11.1 Å². The summed E-state index contributed by atoms with van der Waals surface area (Å²) in [6, 6.07) is 16.3. The molecule has 0 amide bonds. The lowest BCUT2D eigenvalue weighted by Crippen LogP contribution is -2.28. The average molecular weight is 397 g/mol. The van der Waals surface area contributed by atoms with Crippen molar-refractivity contribution in [3.63, 3.8) is 0 Å². The Morgan fingerprint density at radius 3 is 2.60 bits per heavy atom. The summed E-state index contributed by atoms with van der Waals surface area (Å²) >= 11 is 0. The highest BCUT2D eigenvalue weighted by atomic mass is 16.1. The van der Waals surface area contributed by atoms with Crippen molar-refractivity contribution in [2.75, 3.05) is 0 Å². The van der Waals surface area contributed by atoms with Crippen molar-refractivity contribution in [2.45, 2.75) is 19.9 Å². The SMILES string of the molecule is Cc1ccc(-c2c[nH]n3c(=O)cc(C(C)n4ncc5ccccc5c4=O)nc23)cc1. The molecule has 0 aliphatic heterocycles. The number of benzene rings is 2. The number of H-pyrrole nitrogens is 1. The Labute approximate surface area is 171 Å². The van der Waals surface area contributed by atoms with Crippen LogP contribution in [-0.4, -0.2) is 24.4 Å². The van der Waals surface area contributed by atoms with E-state index in [9.17, 15) is 9.59 Å². The number of aromatic amines is 1. The molecule has 0 saturated heterocycles. The molecule has 0 fully saturated rings. The van der Waals surface area contributed by atoms with Crippen molar-refractivity contribution in [3.8, 4) is 11.1 Å². The van der Waals surface area contributed by atoms with Gasteiger partial charge in [0.2, 0.25) is 0 Å². The molecule has 2 aromatic carbocycles. The molecule has 3 heterocycles. The molecule has 0 saturated carbocycles. The van der Waals surface area contributed by atoms with Crippen LogP contribution >= 0.6 is 0 Å². The van der Waals surface area contributed by atoms with E-state index in [0.29, 0.717) is 16.7 Å². The highest BCUT2D eigenvalue weighted by Crippen LogP contribution is 2.24. The molecule has 1 N–H and O–H groups in total. The minimum atomic E-state index is -0.499. The van der Waals surface area contributed by atoms with Crippen LogP contribution in [0, 0.1) is 6.92 Å². The van der Waals surface area contributed by atoms with Crippen molar-refractivity contribution in [3.05, 3.63) is 99.0 Å². The van der Waals surface area contributed by atoms with Gasteiger partial charge in [-0.25, -0.2) is 14.2 Å². The van der Waals surface area contributed by atoms with Crippen molar-refractivity contribution >= 4 is 16.4 Å². The molecule has 1 unspecified atom stereocenters. The second kappa shape index (κ2) is 6.81. The van der Waals surface area contributed by atoms with E-state index in [-0.39, 0.29) is 11.1 Å². The van der Waals surface area contributed by atoms with Gasteiger partial charge in [-0.2, -0.15) is 5.10 Å². The maximum absolute atomic E-state index is 12.9. The summed E-state index contributed by atoms with van der Waals surface area (Å²) < 4.78 is 2.78. The van der Waals surface area contributed by atoms with E-state index >= 15 is 0 Å². The second-order valence-electron chi connectivity index (χ2n) is 7.39. The summed E-state index contributed by atoms with van der Waals surface area (Å²) in [4.78, 5) is 30.4. The molecule has 0 aliphatic carbocycles. The van der Waals surface area contributed by atoms with E-state index in [1.165, 1.54) is 15.3 Å². The van der Waals surface area contributed by atoms with Crippen LogP contribution in [0.5, 0.6) is 0 Å². The molecular formula is C23H19N5O2. The highest BCUT2D eigenvalue weighted by Gasteiger charge is 2.18. The first-order valence-corrected chi connectivity index (χ1v) is 9.67. The largest absolute Gasteiger partial charge is 0.296 e. The lowest BCUT2D eigenvalue weighted by Gasteiger charge is -2.14. The number of hydrogen-bond acceptors (Lipinski definition) is 4. The Balaban J connectivity index is 1.67. The van der Waals surface area contributed by atoms with E-state index in [4.69, 9.17) is 4.98 Å². The van der Waals surface area contributed by atoms with Crippen molar-refractivity contribution in [2.24, 2.45) is 0 Å². The number of aromatic nitrogens is 5. The van der Waals surface area contributed by atoms with Crippen LogP contribution in [0.4, 0.5) is 0 Å². The Kier molecular flexibility index (Phi) is 4.10. The highest BCUT2D eigenvalue weighted by molar-refractivity contribution is 5.80. The van der Waals surface area contributed by atoms with Gasteiger partial charge in [0.25, 0.3) is 11.1 Å². The maximum atomic E-state index is 12.9. The number of nitrogens with one attached hydrogen (secondary N) is 1. The van der Waals surface area contributed by atoms with Gasteiger partial charge >= 0.3 is 0 Å². The zero-order chi connectivity index (χ0) is 20.8. The summed E-state index contributed by atoms with van der Waals surface area (Å²) in [7, 11) is 0. The van der Waals surface area contributed by atoms with Gasteiger partial charge in [-0.15, -0.1) is 0 Å². The van der Waals surface area contributed by atoms with Crippen LogP contribution in [0.1, 0.15) is 24.2 Å². The van der Waals surface area contributed by atoms with Gasteiger partial charge in [0, 0.05) is 23.2 Å². The Bertz CT molecular complexity index is 1510. The molecule has 7 heteroatoms. The van der Waals surface area contributed by atoms with E-state index < -0.39 is 6.04 Å². The standard InChI is InChI=1S/C23H19N5O2/c1-14-7-9-16(10-8-14)19-13-25-28-21(29)11-20(26-22(19)28)15(2)27-23(30)18-6-4-3-5-17(18)12-24-27/h3-13,15,25H,1-2H3. The maximum Gasteiger partial charge on any atom is 0.275 e. The first-order valence-electron chi connectivity index (χ1n) is 9.67. The third-order valence-corrected chi connectivity index (χ3v) is 5.40. The number of aryl methyl sites for hydroxylation is 1. The molecule has 5 aromatic rings. The molecule has 30 heavy (non-hydrogen) atoms. The van der Waals surface area contributed by atoms with Crippen LogP contribution in [0.15, 0.2) is 76.6 Å². The summed E-state index contributed by atoms with van der Waals surface area (Å²) in [5, 5.41) is 8.65. The third kappa shape index (κ3) is 2.83. The van der Waals surface area contributed by atoms with Crippen LogP contribution in [0.2, 0.25) is 0 Å². The van der Waals surface area contributed by atoms with Gasteiger partial charge < -0.3 is 0 Å². The minimum Gasteiger partial charge on any atom is -0.296 e. The molecule has 1 atom stereocenters. The van der Waals surface area contributed by atoms with E-state index in [2.05, 4.69) is 10.2 Å². The molecular weight excluding hydrogens is 378 g/mol. The fraction of sp³-hybridized carbons (Fsp3) is 0.130. The zero-order valence-electron chi connectivity index (χ0n) is 16.5. The number of hydrogen-bond donors (Lipinski definition) is 1. The zero-order valence-corrected chi connectivity index (χ0v) is 16.5. The Morgan fingerprint density at radius 1 is 1.03 bits per heavy atom. The number of rotatable bonds is 3. The predicted octanol–water partition coefficient (Wildman–Crippen LogP) is 3.32. The molecule has 5 rings (SSSR count). The lowest BCUT2D eigenvalue weighted by atomic mass is 10.1. The summed E-state index contributed by atoms with van der Waals surface area (Å²) in [5.74, 6) is 0. The number of nitrogens with zero attached hydrogens (tertiary/aromatic N) is 4. The fourth-order valence-corrected chi connectivity index (χ4v) is 3.66. The molecule has 0 aliphatic rings. The smallest absolute Gasteiger partial charge is 0.275 e. The molecule has 0 spiro atoms. The Hall–Kier alpha value is -4.00. The van der Waals surface area contributed by atoms with Gasteiger partial charge in [0.05, 0.1) is 23.3 Å². The quantitative estimate of drug-likeness (QED) is 0.506. The van der Waals surface area contributed by atoms with E-state index in [0.717, 1.165) is 22.1 Å². The van der Waals surface area contributed by atoms with Gasteiger partial charge in [0.1, 0.15) is 0 Å². The van der Waals surface area contributed by atoms with Crippen molar-refractivity contribution in [1.29, 1.82) is 0 Å². The van der Waals surface area contributed by atoms with Gasteiger partial charge in [-0.1, -0.05) is 48.0 Å². The molecule has 7 nitrogen and oxygen atoms in total. The first-order chi connectivity index (χ1) is 14.5. The fourth-order valence-electron chi connectivity index (χ4n) is 3.66. The summed E-state index contributed by atoms with van der Waals surface area (Å²) in [6.45, 7) is 3.84. The second-order valence-corrected chi connectivity index (χ2v) is 7.39. The molecule has 3 aromatic heterocycles. The van der Waals surface area contributed by atoms with Gasteiger partial charge in [-0.3, -0.25) is 14.7 Å². The Morgan fingerprint density at radius 2 is 1.80 bits per heavy atom. The first kappa shape index (κ1) is 18.1. The summed E-state index contributed by atoms with van der Waals surface area (Å²) in [6.07, 6.45) is 3.43. The van der Waals surface area contributed by atoms with Crippen LogP contribution in [0.3, 0.4) is 0 Å². The van der Waals surface area contributed by atoms with Gasteiger partial charge in [0.15, 0.2) is 5.65 Å². The minimum absolute atomic E-state index is 0.213. The molecule has 0 radical (unpaired) electrons. The van der Waals surface area contributed by atoms with Crippen molar-refractivity contribution < 1.29 is 0 Å². The van der Waals surface area contributed by atoms with Crippen LogP contribution in [0.25, 0.3) is 27.5 Å². The monoisotopic (exact) mass is 397 g/mol. The van der Waals surface area contributed by atoms with Crippen molar-refractivity contribution in [1.82, 2.24) is 24.4 Å². The third-order valence-electron chi connectivity index (χ3n) is 5.40.